The van der Waals surface area contributed by atoms with Crippen LogP contribution in [0.2, 0.25) is 0 Å². The van der Waals surface area contributed by atoms with Crippen LogP contribution >= 0.6 is 12.4 Å². The zero-order valence-corrected chi connectivity index (χ0v) is 10.1. The standard InChI is InChI=1S/C11H16N2O2.ClH/c1-8-3-6-15-9(8)10(14)13-7-11(12)4-2-5-11;/h3,6H,2,4-5,7,12H2,1H3,(H,13,14);1H. The summed E-state index contributed by atoms with van der Waals surface area (Å²) in [6.45, 7) is 2.38. The minimum Gasteiger partial charge on any atom is -0.459 e. The van der Waals surface area contributed by atoms with Crippen LogP contribution in [0, 0.1) is 6.92 Å². The molecule has 1 aromatic heterocycles. The Morgan fingerprint density at radius 2 is 2.31 bits per heavy atom. The predicted molar refractivity (Wildman–Crippen MR) is 63.8 cm³/mol. The molecule has 3 N–H and O–H groups in total. The second-order valence-corrected chi connectivity index (χ2v) is 4.33. The molecule has 1 fully saturated rings. The van der Waals surface area contributed by atoms with Gasteiger partial charge in [-0.1, -0.05) is 0 Å². The van der Waals surface area contributed by atoms with E-state index >= 15 is 0 Å². The van der Waals surface area contributed by atoms with Gasteiger partial charge in [-0.25, -0.2) is 0 Å². The molecule has 1 heterocycles. The van der Waals surface area contributed by atoms with Gasteiger partial charge in [0.15, 0.2) is 5.76 Å². The summed E-state index contributed by atoms with van der Waals surface area (Å²) in [5.41, 5.74) is 6.67. The van der Waals surface area contributed by atoms with E-state index in [-0.39, 0.29) is 23.9 Å². The lowest BCUT2D eigenvalue weighted by molar-refractivity contribution is 0.0901. The predicted octanol–water partition coefficient (Wildman–Crippen LogP) is 1.62. The molecule has 90 valence electrons. The first-order valence-electron chi connectivity index (χ1n) is 5.22. The molecule has 1 amide bonds. The fourth-order valence-electron chi connectivity index (χ4n) is 1.75. The summed E-state index contributed by atoms with van der Waals surface area (Å²) in [5.74, 6) is 0.215. The van der Waals surface area contributed by atoms with E-state index in [1.165, 1.54) is 6.26 Å². The molecule has 0 radical (unpaired) electrons. The summed E-state index contributed by atoms with van der Waals surface area (Å²) in [7, 11) is 0. The molecule has 0 saturated heterocycles. The molecule has 1 aliphatic rings. The van der Waals surface area contributed by atoms with Crippen LogP contribution in [0.4, 0.5) is 0 Å². The summed E-state index contributed by atoms with van der Waals surface area (Å²) in [4.78, 5) is 11.7. The van der Waals surface area contributed by atoms with E-state index in [1.54, 1.807) is 6.07 Å². The van der Waals surface area contributed by atoms with Crippen molar-refractivity contribution in [2.75, 3.05) is 6.54 Å². The number of nitrogens with two attached hydrogens (primary N) is 1. The van der Waals surface area contributed by atoms with Gasteiger partial charge in [-0.15, -0.1) is 12.4 Å². The van der Waals surface area contributed by atoms with Crippen molar-refractivity contribution in [3.63, 3.8) is 0 Å². The van der Waals surface area contributed by atoms with E-state index < -0.39 is 0 Å². The van der Waals surface area contributed by atoms with Crippen LogP contribution in [0.25, 0.3) is 0 Å². The topological polar surface area (TPSA) is 68.3 Å². The number of furan rings is 1. The quantitative estimate of drug-likeness (QED) is 0.849. The van der Waals surface area contributed by atoms with E-state index in [4.69, 9.17) is 10.2 Å². The molecule has 1 aliphatic carbocycles. The Kier molecular flexibility index (Phi) is 3.99. The van der Waals surface area contributed by atoms with Crippen molar-refractivity contribution in [3.8, 4) is 0 Å². The van der Waals surface area contributed by atoms with Gasteiger partial charge in [0.2, 0.25) is 0 Å². The van der Waals surface area contributed by atoms with Crippen molar-refractivity contribution in [3.05, 3.63) is 23.7 Å². The van der Waals surface area contributed by atoms with Gasteiger partial charge >= 0.3 is 0 Å². The molecule has 2 rings (SSSR count). The van der Waals surface area contributed by atoms with Gasteiger partial charge < -0.3 is 15.5 Å². The van der Waals surface area contributed by atoms with Crippen molar-refractivity contribution in [2.24, 2.45) is 5.73 Å². The maximum absolute atomic E-state index is 11.7. The van der Waals surface area contributed by atoms with Crippen molar-refractivity contribution in [2.45, 2.75) is 31.7 Å². The average Bonchev–Trinajstić information content (AvgIpc) is 2.58. The highest BCUT2D eigenvalue weighted by molar-refractivity contribution is 5.92. The van der Waals surface area contributed by atoms with Gasteiger partial charge in [0.05, 0.1) is 6.26 Å². The van der Waals surface area contributed by atoms with E-state index in [0.717, 1.165) is 24.8 Å². The SMILES string of the molecule is Cc1ccoc1C(=O)NCC1(N)CCC1.Cl. The number of amides is 1. The van der Waals surface area contributed by atoms with E-state index in [1.807, 2.05) is 6.92 Å². The van der Waals surface area contributed by atoms with Crippen LogP contribution in [-0.4, -0.2) is 18.0 Å². The van der Waals surface area contributed by atoms with Crippen LogP contribution in [0.3, 0.4) is 0 Å². The monoisotopic (exact) mass is 244 g/mol. The summed E-state index contributed by atoms with van der Waals surface area (Å²) in [6.07, 6.45) is 4.66. The number of nitrogens with one attached hydrogen (secondary N) is 1. The minimum atomic E-state index is -0.184. The lowest BCUT2D eigenvalue weighted by Gasteiger charge is -2.37. The summed E-state index contributed by atoms with van der Waals surface area (Å²) < 4.78 is 5.09. The second-order valence-electron chi connectivity index (χ2n) is 4.33. The van der Waals surface area contributed by atoms with Gasteiger partial charge in [-0.3, -0.25) is 4.79 Å². The average molecular weight is 245 g/mol. The fraction of sp³-hybridized carbons (Fsp3) is 0.545. The first-order chi connectivity index (χ1) is 7.11. The van der Waals surface area contributed by atoms with Gasteiger partial charge in [-0.2, -0.15) is 0 Å². The van der Waals surface area contributed by atoms with Gasteiger partial charge in [0.25, 0.3) is 5.91 Å². The Balaban J connectivity index is 0.00000128. The highest BCUT2D eigenvalue weighted by Crippen LogP contribution is 2.28. The second kappa shape index (κ2) is 4.89. The van der Waals surface area contributed by atoms with Crippen molar-refractivity contribution >= 4 is 18.3 Å². The highest BCUT2D eigenvalue weighted by Gasteiger charge is 2.32. The number of hydrogen-bond acceptors (Lipinski definition) is 3. The van der Waals surface area contributed by atoms with E-state index in [2.05, 4.69) is 5.32 Å². The Hall–Kier alpha value is -1.00. The molecular weight excluding hydrogens is 228 g/mol. The largest absolute Gasteiger partial charge is 0.459 e. The first-order valence-corrected chi connectivity index (χ1v) is 5.22. The number of carbonyl (C=O) groups is 1. The normalized spacial score (nSPS) is 17.1. The number of aryl methyl sites for hydroxylation is 1. The van der Waals surface area contributed by atoms with Crippen LogP contribution in [0.15, 0.2) is 16.7 Å². The maximum atomic E-state index is 11.7. The molecule has 5 heteroatoms. The third-order valence-electron chi connectivity index (χ3n) is 3.02. The van der Waals surface area contributed by atoms with E-state index in [9.17, 15) is 4.79 Å². The minimum absolute atomic E-state index is 0. The molecule has 16 heavy (non-hydrogen) atoms. The Bertz CT molecular complexity index is 372. The molecule has 0 aromatic carbocycles. The fourth-order valence-corrected chi connectivity index (χ4v) is 1.75. The third-order valence-corrected chi connectivity index (χ3v) is 3.02. The lowest BCUT2D eigenvalue weighted by atomic mass is 9.78. The molecule has 0 bridgehead atoms. The molecule has 0 spiro atoms. The van der Waals surface area contributed by atoms with Crippen molar-refractivity contribution in [1.82, 2.24) is 5.32 Å². The van der Waals surface area contributed by atoms with Crippen LogP contribution in [-0.2, 0) is 0 Å². The molecule has 0 unspecified atom stereocenters. The summed E-state index contributed by atoms with van der Waals surface area (Å²) in [5, 5.41) is 2.81. The number of carbonyl (C=O) groups excluding carboxylic acids is 1. The van der Waals surface area contributed by atoms with Gasteiger partial charge in [0, 0.05) is 17.6 Å². The Labute approximate surface area is 101 Å². The molecular formula is C11H17ClN2O2. The number of hydrogen-bond donors (Lipinski definition) is 2. The summed E-state index contributed by atoms with van der Waals surface area (Å²) in [6, 6.07) is 1.77. The smallest absolute Gasteiger partial charge is 0.287 e. The third kappa shape index (κ3) is 2.57. The number of rotatable bonds is 3. The van der Waals surface area contributed by atoms with Crippen molar-refractivity contribution < 1.29 is 9.21 Å². The molecule has 1 saturated carbocycles. The van der Waals surface area contributed by atoms with Crippen molar-refractivity contribution in [1.29, 1.82) is 0 Å². The number of halogens is 1. The Morgan fingerprint density at radius 3 is 2.75 bits per heavy atom. The van der Waals surface area contributed by atoms with Crippen LogP contribution < -0.4 is 11.1 Å². The zero-order chi connectivity index (χ0) is 10.9. The first kappa shape index (κ1) is 13.1. The summed E-state index contributed by atoms with van der Waals surface area (Å²) >= 11 is 0. The Morgan fingerprint density at radius 1 is 1.62 bits per heavy atom. The van der Waals surface area contributed by atoms with Crippen LogP contribution in [0.5, 0.6) is 0 Å². The molecule has 0 atom stereocenters. The van der Waals surface area contributed by atoms with Gasteiger partial charge in [0.1, 0.15) is 0 Å². The molecule has 1 aromatic rings. The zero-order valence-electron chi connectivity index (χ0n) is 9.29. The van der Waals surface area contributed by atoms with Gasteiger partial charge in [-0.05, 0) is 32.3 Å². The lowest BCUT2D eigenvalue weighted by Crippen LogP contribution is -2.54. The molecule has 0 aliphatic heterocycles. The van der Waals surface area contributed by atoms with E-state index in [0.29, 0.717) is 12.3 Å². The maximum Gasteiger partial charge on any atom is 0.287 e. The molecule has 4 nitrogen and oxygen atoms in total. The van der Waals surface area contributed by atoms with Crippen LogP contribution in [0.1, 0.15) is 35.4 Å². The highest BCUT2D eigenvalue weighted by atomic mass is 35.5.